The van der Waals surface area contributed by atoms with Crippen LogP contribution in [-0.4, -0.2) is 62.0 Å². The molecule has 7 heteroatoms. The van der Waals surface area contributed by atoms with Crippen LogP contribution in [0.25, 0.3) is 0 Å². The van der Waals surface area contributed by atoms with Crippen molar-refractivity contribution in [1.29, 1.82) is 0 Å². The summed E-state index contributed by atoms with van der Waals surface area (Å²) in [4.78, 5) is 26.4. The van der Waals surface area contributed by atoms with E-state index in [1.807, 2.05) is 6.07 Å². The first-order chi connectivity index (χ1) is 10.0. The highest BCUT2D eigenvalue weighted by molar-refractivity contribution is 5.93. The average Bonchev–Trinajstić information content (AvgIpc) is 2.53. The Morgan fingerprint density at radius 2 is 2.14 bits per heavy atom. The van der Waals surface area contributed by atoms with Crippen molar-refractivity contribution in [2.24, 2.45) is 0 Å². The molecule has 0 bridgehead atoms. The molecule has 2 rings (SSSR count). The molecule has 7 nitrogen and oxygen atoms in total. The molecule has 1 heterocycles. The molecular weight excluding hydrogens is 276 g/mol. The molecule has 1 atom stereocenters. The number of aliphatic carboxylic acids is 1. The summed E-state index contributed by atoms with van der Waals surface area (Å²) >= 11 is 0. The van der Waals surface area contributed by atoms with Gasteiger partial charge in [-0.25, -0.2) is 9.59 Å². The lowest BCUT2D eigenvalue weighted by molar-refractivity contribution is -0.154. The number of para-hydroxylation sites is 2. The molecule has 1 aromatic rings. The average molecular weight is 294 g/mol. The predicted molar refractivity (Wildman–Crippen MR) is 75.7 cm³/mol. The number of ether oxygens (including phenoxy) is 2. The third-order valence-electron chi connectivity index (χ3n) is 3.35. The van der Waals surface area contributed by atoms with Crippen molar-refractivity contribution in [1.82, 2.24) is 4.90 Å². The minimum absolute atomic E-state index is 0.0354. The molecular formula is C14H18N2O5. The van der Waals surface area contributed by atoms with Crippen LogP contribution < -0.4 is 9.64 Å². The maximum absolute atomic E-state index is 12.5. The van der Waals surface area contributed by atoms with Gasteiger partial charge in [0.05, 0.1) is 25.9 Å². The second kappa shape index (κ2) is 6.45. The maximum atomic E-state index is 12.5. The number of carbonyl (C=O) groups excluding carboxylic acids is 1. The van der Waals surface area contributed by atoms with E-state index in [1.165, 1.54) is 16.9 Å². The highest BCUT2D eigenvalue weighted by atomic mass is 16.5. The van der Waals surface area contributed by atoms with Gasteiger partial charge in [0.15, 0.2) is 6.10 Å². The van der Waals surface area contributed by atoms with E-state index in [-0.39, 0.29) is 19.2 Å². The number of anilines is 1. The molecule has 114 valence electrons. The molecule has 1 aromatic carbocycles. The number of hydrogen-bond acceptors (Lipinski definition) is 4. The fraction of sp³-hybridized carbons (Fsp3) is 0.429. The summed E-state index contributed by atoms with van der Waals surface area (Å²) in [5.74, 6) is -0.483. The van der Waals surface area contributed by atoms with Gasteiger partial charge >= 0.3 is 12.0 Å². The minimum atomic E-state index is -1.06. The molecule has 1 saturated heterocycles. The number of methoxy groups -OCH3 is 1. The van der Waals surface area contributed by atoms with E-state index in [2.05, 4.69) is 0 Å². The Bertz CT molecular complexity index is 534. The highest BCUT2D eigenvalue weighted by Crippen LogP contribution is 2.27. The van der Waals surface area contributed by atoms with Crippen LogP contribution in [0.4, 0.5) is 10.5 Å². The van der Waals surface area contributed by atoms with Crippen LogP contribution in [0.3, 0.4) is 0 Å². The van der Waals surface area contributed by atoms with Gasteiger partial charge in [0, 0.05) is 13.6 Å². The topological polar surface area (TPSA) is 79.3 Å². The molecule has 1 aliphatic heterocycles. The number of amides is 2. The molecule has 0 aromatic heterocycles. The first-order valence-electron chi connectivity index (χ1n) is 6.54. The Kier molecular flexibility index (Phi) is 4.64. The van der Waals surface area contributed by atoms with Gasteiger partial charge in [-0.2, -0.15) is 0 Å². The van der Waals surface area contributed by atoms with Gasteiger partial charge in [0.2, 0.25) is 0 Å². The minimum Gasteiger partial charge on any atom is -0.495 e. The van der Waals surface area contributed by atoms with Crippen molar-refractivity contribution in [2.45, 2.75) is 6.10 Å². The maximum Gasteiger partial charge on any atom is 0.334 e. The monoisotopic (exact) mass is 294 g/mol. The van der Waals surface area contributed by atoms with E-state index >= 15 is 0 Å². The fourth-order valence-corrected chi connectivity index (χ4v) is 2.19. The zero-order valence-electron chi connectivity index (χ0n) is 12.0. The summed E-state index contributed by atoms with van der Waals surface area (Å²) in [7, 11) is 3.16. The first-order valence-corrected chi connectivity index (χ1v) is 6.54. The number of nitrogens with zero attached hydrogens (tertiary/aromatic N) is 2. The second-order valence-corrected chi connectivity index (χ2v) is 4.66. The van der Waals surface area contributed by atoms with Crippen molar-refractivity contribution >= 4 is 17.7 Å². The van der Waals surface area contributed by atoms with Crippen LogP contribution in [0.15, 0.2) is 24.3 Å². The summed E-state index contributed by atoms with van der Waals surface area (Å²) in [6.45, 7) is 0.609. The molecule has 1 unspecified atom stereocenters. The van der Waals surface area contributed by atoms with Gasteiger partial charge in [-0.05, 0) is 12.1 Å². The molecule has 1 aliphatic rings. The van der Waals surface area contributed by atoms with Gasteiger partial charge in [-0.3, -0.25) is 4.90 Å². The summed E-state index contributed by atoms with van der Waals surface area (Å²) in [5, 5.41) is 8.98. The van der Waals surface area contributed by atoms with Crippen molar-refractivity contribution < 1.29 is 24.2 Å². The number of rotatable bonds is 3. The predicted octanol–water partition coefficient (Wildman–Crippen LogP) is 1.04. The largest absolute Gasteiger partial charge is 0.495 e. The fourth-order valence-electron chi connectivity index (χ4n) is 2.19. The second-order valence-electron chi connectivity index (χ2n) is 4.66. The first kappa shape index (κ1) is 15.1. The van der Waals surface area contributed by atoms with Gasteiger partial charge in [-0.15, -0.1) is 0 Å². The van der Waals surface area contributed by atoms with Gasteiger partial charge in [-0.1, -0.05) is 12.1 Å². The van der Waals surface area contributed by atoms with Crippen LogP contribution in [0.2, 0.25) is 0 Å². The number of benzene rings is 1. The molecule has 0 saturated carbocycles. The van der Waals surface area contributed by atoms with E-state index in [0.717, 1.165) is 0 Å². The number of carbonyl (C=O) groups is 2. The highest BCUT2D eigenvalue weighted by Gasteiger charge is 2.31. The molecule has 1 fully saturated rings. The smallest absolute Gasteiger partial charge is 0.334 e. The quantitative estimate of drug-likeness (QED) is 0.901. The normalized spacial score (nSPS) is 18.2. The Morgan fingerprint density at radius 1 is 1.43 bits per heavy atom. The lowest BCUT2D eigenvalue weighted by Gasteiger charge is -2.34. The molecule has 21 heavy (non-hydrogen) atoms. The van der Waals surface area contributed by atoms with Gasteiger partial charge in [0.25, 0.3) is 0 Å². The Morgan fingerprint density at radius 3 is 2.81 bits per heavy atom. The number of morpholine rings is 1. The van der Waals surface area contributed by atoms with Gasteiger partial charge < -0.3 is 19.5 Å². The van der Waals surface area contributed by atoms with Crippen molar-refractivity contribution in [3.05, 3.63) is 24.3 Å². The van der Waals surface area contributed by atoms with E-state index in [0.29, 0.717) is 18.0 Å². The third-order valence-corrected chi connectivity index (χ3v) is 3.35. The Balaban J connectivity index is 2.13. The summed E-state index contributed by atoms with van der Waals surface area (Å²) < 4.78 is 10.3. The molecule has 0 aliphatic carbocycles. The zero-order valence-corrected chi connectivity index (χ0v) is 12.0. The SMILES string of the molecule is COc1ccccc1N(C)C(=O)N1CCOC(C(=O)O)C1. The summed E-state index contributed by atoms with van der Waals surface area (Å²) in [5.41, 5.74) is 0.628. The standard InChI is InChI=1S/C14H18N2O5/c1-15(10-5-3-4-6-11(10)20-2)14(19)16-7-8-21-12(9-16)13(17)18/h3-6,12H,7-9H2,1-2H3,(H,17,18). The number of carboxylic acids is 1. The lowest BCUT2D eigenvalue weighted by atomic mass is 10.2. The van der Waals surface area contributed by atoms with Crippen molar-refractivity contribution in [3.8, 4) is 5.75 Å². The van der Waals surface area contributed by atoms with Crippen molar-refractivity contribution in [2.75, 3.05) is 38.8 Å². The van der Waals surface area contributed by atoms with Crippen molar-refractivity contribution in [3.63, 3.8) is 0 Å². The van der Waals surface area contributed by atoms with E-state index in [4.69, 9.17) is 14.6 Å². The molecule has 0 radical (unpaired) electrons. The van der Waals surface area contributed by atoms with Crippen LogP contribution in [-0.2, 0) is 9.53 Å². The number of carboxylic acid groups (broad SMARTS) is 1. The number of hydrogen-bond donors (Lipinski definition) is 1. The zero-order chi connectivity index (χ0) is 15.4. The number of urea groups is 1. The van der Waals surface area contributed by atoms with Crippen LogP contribution in [0, 0.1) is 0 Å². The van der Waals surface area contributed by atoms with E-state index in [9.17, 15) is 9.59 Å². The van der Waals surface area contributed by atoms with E-state index in [1.54, 1.807) is 25.2 Å². The Hall–Kier alpha value is -2.28. The molecule has 0 spiro atoms. The Labute approximate surface area is 122 Å². The molecule has 2 amide bonds. The van der Waals surface area contributed by atoms with Crippen LogP contribution in [0.1, 0.15) is 0 Å². The summed E-state index contributed by atoms with van der Waals surface area (Å²) in [6.07, 6.45) is -0.978. The summed E-state index contributed by atoms with van der Waals surface area (Å²) in [6, 6.07) is 6.87. The van der Waals surface area contributed by atoms with E-state index < -0.39 is 12.1 Å². The molecule has 1 N–H and O–H groups in total. The van der Waals surface area contributed by atoms with Crippen LogP contribution >= 0.6 is 0 Å². The third kappa shape index (κ3) is 3.25. The lowest BCUT2D eigenvalue weighted by Crippen LogP contribution is -2.52. The van der Waals surface area contributed by atoms with Gasteiger partial charge in [0.1, 0.15) is 5.75 Å². The van der Waals surface area contributed by atoms with Crippen LogP contribution in [0.5, 0.6) is 5.75 Å².